The minimum atomic E-state index is -4.95. The number of alkyl halides is 6. The number of anilines is 1. The number of halogens is 6. The van der Waals surface area contributed by atoms with Gasteiger partial charge in [-0.1, -0.05) is 0 Å². The van der Waals surface area contributed by atoms with Gasteiger partial charge in [0, 0.05) is 5.69 Å². The molecule has 1 aliphatic heterocycles. The summed E-state index contributed by atoms with van der Waals surface area (Å²) < 4.78 is 76.8. The Balaban J connectivity index is 2.43. The summed E-state index contributed by atoms with van der Waals surface area (Å²) in [5.41, 5.74) is -5.05. The van der Waals surface area contributed by atoms with Crippen molar-refractivity contribution in [3.63, 3.8) is 0 Å². The van der Waals surface area contributed by atoms with Crippen molar-refractivity contribution < 1.29 is 31.4 Å². The number of fused-ring (bicyclic) bond motifs is 1. The maximum absolute atomic E-state index is 12.8. The van der Waals surface area contributed by atoms with E-state index in [2.05, 4.69) is 5.32 Å². The Morgan fingerprint density at radius 2 is 1.82 bits per heavy atom. The highest BCUT2D eigenvalue weighted by Gasteiger charge is 2.56. The highest BCUT2D eigenvalue weighted by Crippen LogP contribution is 2.42. The molecule has 0 aliphatic carbocycles. The number of nitrogens with zero attached hydrogens (tertiary/aromatic N) is 1. The molecule has 3 nitrogen and oxygen atoms in total. The topological polar surface area (TPSA) is 56.0 Å². The highest BCUT2D eigenvalue weighted by atomic mass is 19.4. The summed E-state index contributed by atoms with van der Waals surface area (Å²) in [6.07, 6.45) is -10.1. The van der Waals surface area contributed by atoms with E-state index in [1.54, 1.807) is 0 Å². The molecule has 2 unspecified atom stereocenters. The third-order valence-electron chi connectivity index (χ3n) is 3.68. The van der Waals surface area contributed by atoms with E-state index in [0.29, 0.717) is 13.0 Å². The van der Waals surface area contributed by atoms with Crippen LogP contribution in [0.25, 0.3) is 0 Å². The van der Waals surface area contributed by atoms with E-state index >= 15 is 0 Å². The van der Waals surface area contributed by atoms with Crippen LogP contribution in [0.3, 0.4) is 0 Å². The Kier molecular flexibility index (Phi) is 3.56. The van der Waals surface area contributed by atoms with Gasteiger partial charge in [-0.2, -0.15) is 31.6 Å². The molecule has 0 saturated heterocycles. The van der Waals surface area contributed by atoms with Crippen LogP contribution in [0, 0.1) is 11.3 Å². The second kappa shape index (κ2) is 4.78. The van der Waals surface area contributed by atoms with Gasteiger partial charge in [-0.3, -0.25) is 0 Å². The van der Waals surface area contributed by atoms with Crippen LogP contribution in [0.2, 0.25) is 0 Å². The SMILES string of the molecule is CC(O)(C1Cc2cc(C#N)c(C(F)(F)F)cc2N1)C(F)(F)F. The zero-order valence-corrected chi connectivity index (χ0v) is 11.1. The molecule has 9 heteroatoms. The smallest absolute Gasteiger partial charge is 0.379 e. The van der Waals surface area contributed by atoms with E-state index in [0.717, 1.165) is 6.07 Å². The largest absolute Gasteiger partial charge is 0.418 e. The monoisotopic (exact) mass is 324 g/mol. The first kappa shape index (κ1) is 16.4. The Morgan fingerprint density at radius 3 is 2.27 bits per heavy atom. The second-order valence-corrected chi connectivity index (χ2v) is 5.21. The molecule has 1 aliphatic rings. The molecule has 0 spiro atoms. The quantitative estimate of drug-likeness (QED) is 0.780. The molecule has 0 saturated carbocycles. The number of aliphatic hydroxyl groups is 1. The Bertz CT molecular complexity index is 642. The Morgan fingerprint density at radius 1 is 1.23 bits per heavy atom. The van der Waals surface area contributed by atoms with E-state index in [4.69, 9.17) is 5.26 Å². The molecule has 22 heavy (non-hydrogen) atoms. The van der Waals surface area contributed by atoms with Crippen molar-refractivity contribution >= 4 is 5.69 Å². The molecule has 120 valence electrons. The van der Waals surface area contributed by atoms with Crippen molar-refractivity contribution in [3.8, 4) is 6.07 Å². The first-order valence-electron chi connectivity index (χ1n) is 6.07. The van der Waals surface area contributed by atoms with Crippen LogP contribution in [-0.2, 0) is 12.6 Å². The molecule has 0 radical (unpaired) electrons. The normalized spacial score (nSPS) is 20.8. The summed E-state index contributed by atoms with van der Waals surface area (Å²) in [7, 11) is 0. The molecule has 0 amide bonds. The summed E-state index contributed by atoms with van der Waals surface area (Å²) in [5.74, 6) is 0. The molecule has 2 rings (SSSR count). The maximum Gasteiger partial charge on any atom is 0.418 e. The Hall–Kier alpha value is -1.95. The van der Waals surface area contributed by atoms with Crippen LogP contribution in [0.5, 0.6) is 0 Å². The fraction of sp³-hybridized carbons (Fsp3) is 0.462. The predicted octanol–water partition coefficient (Wildman–Crippen LogP) is 3.23. The number of hydrogen-bond donors (Lipinski definition) is 2. The van der Waals surface area contributed by atoms with Gasteiger partial charge in [-0.25, -0.2) is 0 Å². The van der Waals surface area contributed by atoms with E-state index < -0.39 is 35.1 Å². The van der Waals surface area contributed by atoms with Crippen molar-refractivity contribution in [1.29, 1.82) is 5.26 Å². The van der Waals surface area contributed by atoms with Gasteiger partial charge in [0.1, 0.15) is 0 Å². The molecule has 0 bridgehead atoms. The molecule has 1 aromatic carbocycles. The molecular weight excluding hydrogens is 314 g/mol. The van der Waals surface area contributed by atoms with E-state index in [-0.39, 0.29) is 17.7 Å². The van der Waals surface area contributed by atoms with Crippen molar-refractivity contribution in [2.45, 2.75) is 37.3 Å². The van der Waals surface area contributed by atoms with Crippen LogP contribution in [0.15, 0.2) is 12.1 Å². The van der Waals surface area contributed by atoms with Crippen molar-refractivity contribution in [2.75, 3.05) is 5.32 Å². The van der Waals surface area contributed by atoms with E-state index in [1.807, 2.05) is 0 Å². The summed E-state index contributed by atoms with van der Waals surface area (Å²) in [6, 6.07) is 1.35. The number of hydrogen-bond acceptors (Lipinski definition) is 3. The second-order valence-electron chi connectivity index (χ2n) is 5.21. The Labute approximate surface area is 121 Å². The average Bonchev–Trinajstić information content (AvgIpc) is 2.77. The fourth-order valence-corrected chi connectivity index (χ4v) is 2.27. The van der Waals surface area contributed by atoms with Gasteiger partial charge >= 0.3 is 12.4 Å². The van der Waals surface area contributed by atoms with Crippen LogP contribution < -0.4 is 5.32 Å². The van der Waals surface area contributed by atoms with Gasteiger partial charge in [-0.15, -0.1) is 0 Å². The third-order valence-corrected chi connectivity index (χ3v) is 3.68. The number of nitriles is 1. The maximum atomic E-state index is 12.8. The minimum absolute atomic E-state index is 0.124. The molecule has 2 N–H and O–H groups in total. The molecule has 2 atom stereocenters. The standard InChI is InChI=1S/C13H10F6N2O/c1-11(22,13(17,18)19)10-3-6-2-7(5-20)8(12(14,15)16)4-9(6)21-10/h2,4,10,21-22H,3H2,1H3. The summed E-state index contributed by atoms with van der Waals surface area (Å²) >= 11 is 0. The van der Waals surface area contributed by atoms with Crippen molar-refractivity contribution in [1.82, 2.24) is 0 Å². The number of benzene rings is 1. The van der Waals surface area contributed by atoms with Crippen LogP contribution >= 0.6 is 0 Å². The van der Waals surface area contributed by atoms with Crippen LogP contribution in [-0.4, -0.2) is 22.9 Å². The predicted molar refractivity (Wildman–Crippen MR) is 64.0 cm³/mol. The summed E-state index contributed by atoms with van der Waals surface area (Å²) in [6.45, 7) is 0.548. The lowest BCUT2D eigenvalue weighted by Gasteiger charge is -2.32. The average molecular weight is 324 g/mol. The molecule has 0 aromatic heterocycles. The first-order chi connectivity index (χ1) is 9.88. The fourth-order valence-electron chi connectivity index (χ4n) is 2.27. The third kappa shape index (κ3) is 2.59. The van der Waals surface area contributed by atoms with Crippen LogP contribution in [0.4, 0.5) is 32.0 Å². The molecule has 0 fully saturated rings. The number of rotatable bonds is 1. The first-order valence-corrected chi connectivity index (χ1v) is 6.07. The zero-order chi connectivity index (χ0) is 16.9. The zero-order valence-electron chi connectivity index (χ0n) is 11.1. The lowest BCUT2D eigenvalue weighted by atomic mass is 9.92. The van der Waals surface area contributed by atoms with Gasteiger partial charge in [0.05, 0.1) is 23.2 Å². The van der Waals surface area contributed by atoms with Gasteiger partial charge in [0.15, 0.2) is 5.60 Å². The van der Waals surface area contributed by atoms with Crippen LogP contribution in [0.1, 0.15) is 23.6 Å². The lowest BCUT2D eigenvalue weighted by Crippen LogP contribution is -2.54. The minimum Gasteiger partial charge on any atom is -0.379 e. The van der Waals surface area contributed by atoms with Gasteiger partial charge < -0.3 is 10.4 Å². The summed E-state index contributed by atoms with van der Waals surface area (Å²) in [5, 5.41) is 20.6. The van der Waals surface area contributed by atoms with Crippen molar-refractivity contribution in [2.24, 2.45) is 0 Å². The molecule has 1 aromatic rings. The number of nitrogens with one attached hydrogen (secondary N) is 1. The highest BCUT2D eigenvalue weighted by molar-refractivity contribution is 5.63. The van der Waals surface area contributed by atoms with Gasteiger partial charge in [0.2, 0.25) is 0 Å². The van der Waals surface area contributed by atoms with E-state index in [1.165, 1.54) is 6.07 Å². The molecular formula is C13H10F6N2O. The van der Waals surface area contributed by atoms with Gasteiger partial charge in [0.25, 0.3) is 0 Å². The summed E-state index contributed by atoms with van der Waals surface area (Å²) in [4.78, 5) is 0. The van der Waals surface area contributed by atoms with Gasteiger partial charge in [-0.05, 0) is 31.0 Å². The lowest BCUT2D eigenvalue weighted by molar-refractivity contribution is -0.257. The van der Waals surface area contributed by atoms with E-state index in [9.17, 15) is 31.4 Å². The van der Waals surface area contributed by atoms with Crippen molar-refractivity contribution in [3.05, 3.63) is 28.8 Å². The molecule has 1 heterocycles.